The highest BCUT2D eigenvalue weighted by Gasteiger charge is 2.25. The van der Waals surface area contributed by atoms with Crippen molar-refractivity contribution >= 4 is 45.6 Å². The van der Waals surface area contributed by atoms with Crippen molar-refractivity contribution in [3.8, 4) is 23.1 Å². The van der Waals surface area contributed by atoms with E-state index >= 15 is 0 Å². The van der Waals surface area contributed by atoms with Crippen LogP contribution in [0, 0.1) is 0 Å². The Bertz CT molecular complexity index is 1130. The minimum absolute atomic E-state index is 0.0660. The first-order chi connectivity index (χ1) is 15.7. The lowest BCUT2D eigenvalue weighted by Crippen LogP contribution is -2.25. The Labute approximate surface area is 193 Å². The quantitative estimate of drug-likeness (QED) is 0.485. The van der Waals surface area contributed by atoms with Crippen LogP contribution in [0.1, 0.15) is 19.3 Å². The Morgan fingerprint density at radius 3 is 2.94 bits per heavy atom. The molecule has 0 aliphatic carbocycles. The Morgan fingerprint density at radius 2 is 2.09 bits per heavy atom. The molecular weight excluding hydrogens is 459 g/mol. The highest BCUT2D eigenvalue weighted by atomic mass is 35.5. The molecule has 2 aromatic heterocycles. The van der Waals surface area contributed by atoms with E-state index in [4.69, 9.17) is 46.9 Å². The highest BCUT2D eigenvalue weighted by molar-refractivity contribution is 6.33. The summed E-state index contributed by atoms with van der Waals surface area (Å²) in [4.78, 5) is 13.0. The van der Waals surface area contributed by atoms with Gasteiger partial charge in [0.1, 0.15) is 35.9 Å². The average molecular weight is 479 g/mol. The standard InChI is InChI=1S/C21H20Cl2N4O5/c22-4-6-28-12-7-14-17(15(8-12)32-16-3-1-2-5-29-16)20(26-10-25-14)27-18-13(23)9-24-21-19(18)30-11-31-21/h7-10,16H,1-6,11H2,(H,24,25,26,27). The van der Waals surface area contributed by atoms with Crippen molar-refractivity contribution in [2.75, 3.05) is 31.2 Å². The minimum Gasteiger partial charge on any atom is -0.492 e. The second-order valence-electron chi connectivity index (χ2n) is 7.14. The van der Waals surface area contributed by atoms with Crippen LogP contribution in [-0.2, 0) is 4.74 Å². The number of halogens is 2. The molecule has 4 heterocycles. The summed E-state index contributed by atoms with van der Waals surface area (Å²) in [5, 5.41) is 4.26. The zero-order valence-electron chi connectivity index (χ0n) is 17.0. The Kier molecular flexibility index (Phi) is 6.20. The van der Waals surface area contributed by atoms with E-state index in [0.717, 1.165) is 19.3 Å². The molecule has 1 fully saturated rings. The first kappa shape index (κ1) is 21.1. The van der Waals surface area contributed by atoms with Gasteiger partial charge in [0, 0.05) is 18.6 Å². The van der Waals surface area contributed by atoms with Gasteiger partial charge >= 0.3 is 0 Å². The van der Waals surface area contributed by atoms with Crippen LogP contribution in [0.2, 0.25) is 5.02 Å². The number of pyridine rings is 1. The fraction of sp³-hybridized carbons (Fsp3) is 0.381. The summed E-state index contributed by atoms with van der Waals surface area (Å²) in [6, 6.07) is 3.60. The number of fused-ring (bicyclic) bond motifs is 2. The van der Waals surface area contributed by atoms with E-state index in [1.165, 1.54) is 12.5 Å². The molecule has 5 rings (SSSR count). The Balaban J connectivity index is 1.58. The third-order valence-electron chi connectivity index (χ3n) is 5.02. The van der Waals surface area contributed by atoms with E-state index in [9.17, 15) is 0 Å². The van der Waals surface area contributed by atoms with Crippen LogP contribution < -0.4 is 24.3 Å². The van der Waals surface area contributed by atoms with Crippen LogP contribution in [-0.4, -0.2) is 47.1 Å². The highest BCUT2D eigenvalue weighted by Crippen LogP contribution is 2.44. The van der Waals surface area contributed by atoms with Crippen molar-refractivity contribution in [3.05, 3.63) is 29.7 Å². The summed E-state index contributed by atoms with van der Waals surface area (Å²) in [5.41, 5.74) is 1.12. The predicted molar refractivity (Wildman–Crippen MR) is 119 cm³/mol. The number of ether oxygens (including phenoxy) is 5. The smallest absolute Gasteiger partial charge is 0.262 e. The topological polar surface area (TPSA) is 96.9 Å². The number of anilines is 2. The van der Waals surface area contributed by atoms with Crippen LogP contribution >= 0.6 is 23.2 Å². The Morgan fingerprint density at radius 1 is 1.16 bits per heavy atom. The third-order valence-corrected chi connectivity index (χ3v) is 5.46. The van der Waals surface area contributed by atoms with Crippen LogP contribution in [0.5, 0.6) is 23.1 Å². The van der Waals surface area contributed by atoms with Crippen molar-refractivity contribution in [2.45, 2.75) is 25.6 Å². The molecule has 1 N–H and O–H groups in total. The molecule has 0 radical (unpaired) electrons. The molecule has 2 aliphatic rings. The molecule has 3 aromatic rings. The number of hydrogen-bond acceptors (Lipinski definition) is 9. The molecule has 1 saturated heterocycles. The van der Waals surface area contributed by atoms with Crippen molar-refractivity contribution in [2.24, 2.45) is 0 Å². The number of aromatic nitrogens is 3. The zero-order chi connectivity index (χ0) is 21.9. The van der Waals surface area contributed by atoms with Crippen molar-refractivity contribution < 1.29 is 23.7 Å². The summed E-state index contributed by atoms with van der Waals surface area (Å²) in [6.45, 7) is 1.08. The minimum atomic E-state index is -0.367. The van der Waals surface area contributed by atoms with E-state index in [-0.39, 0.29) is 13.1 Å². The van der Waals surface area contributed by atoms with Crippen LogP contribution in [0.3, 0.4) is 0 Å². The van der Waals surface area contributed by atoms with Gasteiger partial charge in [0.25, 0.3) is 5.88 Å². The van der Waals surface area contributed by atoms with Crippen LogP contribution in [0.15, 0.2) is 24.7 Å². The number of alkyl halides is 1. The fourth-order valence-corrected chi connectivity index (χ4v) is 3.83. The molecular formula is C21H20Cl2N4O5. The molecule has 0 spiro atoms. The van der Waals surface area contributed by atoms with Gasteiger partial charge in [-0.15, -0.1) is 11.6 Å². The molecule has 9 nitrogen and oxygen atoms in total. The van der Waals surface area contributed by atoms with Crippen molar-refractivity contribution in [1.29, 1.82) is 0 Å². The fourth-order valence-electron chi connectivity index (χ4n) is 3.57. The van der Waals surface area contributed by atoms with E-state index < -0.39 is 0 Å². The lowest BCUT2D eigenvalue weighted by Gasteiger charge is -2.25. The maximum atomic E-state index is 6.40. The molecule has 1 aromatic carbocycles. The van der Waals surface area contributed by atoms with Gasteiger partial charge in [0.15, 0.2) is 6.29 Å². The molecule has 0 amide bonds. The maximum Gasteiger partial charge on any atom is 0.262 e. The summed E-state index contributed by atoms with van der Waals surface area (Å²) in [7, 11) is 0. The molecule has 0 saturated carbocycles. The average Bonchev–Trinajstić information content (AvgIpc) is 3.29. The lowest BCUT2D eigenvalue weighted by atomic mass is 10.1. The van der Waals surface area contributed by atoms with Crippen molar-refractivity contribution in [1.82, 2.24) is 15.0 Å². The second-order valence-corrected chi connectivity index (χ2v) is 7.92. The first-order valence-corrected chi connectivity index (χ1v) is 11.1. The number of hydrogen-bond donors (Lipinski definition) is 1. The Hall–Kier alpha value is -2.75. The van der Waals surface area contributed by atoms with Gasteiger partial charge in [0.2, 0.25) is 12.5 Å². The number of nitrogens with one attached hydrogen (secondary N) is 1. The summed E-state index contributed by atoms with van der Waals surface area (Å²) < 4.78 is 28.7. The summed E-state index contributed by atoms with van der Waals surface area (Å²) in [6.07, 6.45) is 5.41. The summed E-state index contributed by atoms with van der Waals surface area (Å²) in [5.74, 6) is 2.75. The number of nitrogens with zero attached hydrogens (tertiary/aromatic N) is 3. The SMILES string of the molecule is ClCCOc1cc(OC2CCCCO2)c2c(Nc3c(Cl)cnc4c3OCO4)ncnc2c1. The monoisotopic (exact) mass is 478 g/mol. The van der Waals surface area contributed by atoms with E-state index in [0.29, 0.717) is 69.7 Å². The van der Waals surface area contributed by atoms with Crippen LogP contribution in [0.4, 0.5) is 11.5 Å². The van der Waals surface area contributed by atoms with Gasteiger partial charge in [-0.1, -0.05) is 11.6 Å². The lowest BCUT2D eigenvalue weighted by molar-refractivity contribution is -0.105. The van der Waals surface area contributed by atoms with Gasteiger partial charge in [-0.25, -0.2) is 15.0 Å². The number of rotatable bonds is 7. The maximum absolute atomic E-state index is 6.40. The molecule has 1 atom stereocenters. The molecule has 2 aliphatic heterocycles. The van der Waals surface area contributed by atoms with Crippen LogP contribution in [0.25, 0.3) is 10.9 Å². The second kappa shape index (κ2) is 9.40. The molecule has 0 bridgehead atoms. The van der Waals surface area contributed by atoms with Gasteiger partial charge in [0.05, 0.1) is 34.6 Å². The molecule has 1 unspecified atom stereocenters. The van der Waals surface area contributed by atoms with Gasteiger partial charge < -0.3 is 29.0 Å². The largest absolute Gasteiger partial charge is 0.492 e. The van der Waals surface area contributed by atoms with Gasteiger partial charge in [-0.3, -0.25) is 0 Å². The zero-order valence-corrected chi connectivity index (χ0v) is 18.5. The molecule has 168 valence electrons. The first-order valence-electron chi connectivity index (χ1n) is 10.2. The van der Waals surface area contributed by atoms with Crippen molar-refractivity contribution in [3.63, 3.8) is 0 Å². The van der Waals surface area contributed by atoms with Gasteiger partial charge in [-0.05, 0) is 12.8 Å². The van der Waals surface area contributed by atoms with E-state index in [1.807, 2.05) is 6.07 Å². The predicted octanol–water partition coefficient (Wildman–Crippen LogP) is 4.67. The van der Waals surface area contributed by atoms with E-state index in [2.05, 4.69) is 20.3 Å². The summed E-state index contributed by atoms with van der Waals surface area (Å²) >= 11 is 12.2. The molecule has 32 heavy (non-hydrogen) atoms. The van der Waals surface area contributed by atoms with E-state index in [1.54, 1.807) is 6.07 Å². The molecule has 11 heteroatoms. The third kappa shape index (κ3) is 4.28. The van der Waals surface area contributed by atoms with Gasteiger partial charge in [-0.2, -0.15) is 0 Å². The number of benzene rings is 1. The normalized spacial score (nSPS) is 17.4.